The number of hydrogen-bond donors (Lipinski definition) is 0. The number of halogens is 1. The Bertz CT molecular complexity index is 846. The molecule has 0 unspecified atom stereocenters. The molecule has 110 valence electrons. The van der Waals surface area contributed by atoms with Gasteiger partial charge in [0.1, 0.15) is 10.7 Å². The second-order valence-corrected chi connectivity index (χ2v) is 6.16. The van der Waals surface area contributed by atoms with Crippen molar-refractivity contribution in [1.82, 2.24) is 15.0 Å². The lowest BCUT2D eigenvalue weighted by Crippen LogP contribution is -1.99. The lowest BCUT2D eigenvalue weighted by Gasteiger charge is -2.03. The quantitative estimate of drug-likeness (QED) is 0.667. The van der Waals surface area contributed by atoms with Crippen molar-refractivity contribution in [3.63, 3.8) is 0 Å². The largest absolute Gasteiger partial charge is 0.293 e. The maximum absolute atomic E-state index is 11.6. The molecule has 0 aromatic carbocycles. The van der Waals surface area contributed by atoms with Crippen molar-refractivity contribution < 1.29 is 4.79 Å². The summed E-state index contributed by atoms with van der Waals surface area (Å²) in [6.07, 6.45) is 3.50. The van der Waals surface area contributed by atoms with Gasteiger partial charge in [0.15, 0.2) is 5.78 Å². The summed E-state index contributed by atoms with van der Waals surface area (Å²) in [6, 6.07) is 7.34. The van der Waals surface area contributed by atoms with E-state index in [1.807, 2.05) is 25.1 Å². The van der Waals surface area contributed by atoms with Gasteiger partial charge in [-0.15, -0.1) is 11.3 Å². The highest BCUT2D eigenvalue weighted by atomic mass is 35.5. The molecule has 6 heteroatoms. The van der Waals surface area contributed by atoms with E-state index in [0.717, 1.165) is 21.1 Å². The number of Topliss-reactive ketones (excluding diaryl/α,β-unsaturated/α-hetero) is 1. The van der Waals surface area contributed by atoms with E-state index in [1.54, 1.807) is 18.5 Å². The minimum atomic E-state index is -0.151. The third-order valence-corrected chi connectivity index (χ3v) is 4.65. The molecule has 0 radical (unpaired) electrons. The van der Waals surface area contributed by atoms with Crippen LogP contribution in [0.4, 0.5) is 0 Å². The van der Waals surface area contributed by atoms with Crippen LogP contribution in [0.2, 0.25) is 5.02 Å². The number of hydrogen-bond acceptors (Lipinski definition) is 5. The lowest BCUT2D eigenvalue weighted by atomic mass is 10.2. The molecule has 0 aliphatic carbocycles. The maximum atomic E-state index is 11.6. The van der Waals surface area contributed by atoms with Crippen LogP contribution in [0.3, 0.4) is 0 Å². The summed E-state index contributed by atoms with van der Waals surface area (Å²) >= 11 is 7.54. The molecule has 0 bridgehead atoms. The van der Waals surface area contributed by atoms with Gasteiger partial charge in [-0.3, -0.25) is 9.78 Å². The number of pyridine rings is 2. The zero-order valence-corrected chi connectivity index (χ0v) is 13.6. The number of rotatable bonds is 3. The Morgan fingerprint density at radius 2 is 2.05 bits per heavy atom. The van der Waals surface area contributed by atoms with E-state index in [1.165, 1.54) is 18.3 Å². The Kier molecular flexibility index (Phi) is 4.00. The fraction of sp³-hybridized carbons (Fsp3) is 0.125. The summed E-state index contributed by atoms with van der Waals surface area (Å²) < 4.78 is 0. The summed E-state index contributed by atoms with van der Waals surface area (Å²) in [5, 5.41) is 1.24. The fourth-order valence-corrected chi connectivity index (χ4v) is 3.33. The molecule has 0 aliphatic rings. The van der Waals surface area contributed by atoms with Crippen LogP contribution in [0, 0.1) is 6.92 Å². The Balaban J connectivity index is 2.08. The molecule has 0 atom stereocenters. The van der Waals surface area contributed by atoms with Crippen molar-refractivity contribution >= 4 is 28.7 Å². The zero-order valence-electron chi connectivity index (χ0n) is 12.0. The molecular formula is C16H12ClN3OS. The van der Waals surface area contributed by atoms with E-state index in [2.05, 4.69) is 15.0 Å². The van der Waals surface area contributed by atoms with Gasteiger partial charge in [-0.25, -0.2) is 9.97 Å². The molecule has 0 saturated carbocycles. The fourth-order valence-electron chi connectivity index (χ4n) is 2.06. The van der Waals surface area contributed by atoms with Crippen LogP contribution in [0.25, 0.3) is 21.1 Å². The first-order valence-corrected chi connectivity index (χ1v) is 7.81. The van der Waals surface area contributed by atoms with Crippen molar-refractivity contribution in [2.24, 2.45) is 0 Å². The number of ketones is 1. The van der Waals surface area contributed by atoms with Crippen LogP contribution in [-0.2, 0) is 0 Å². The van der Waals surface area contributed by atoms with E-state index in [4.69, 9.17) is 11.6 Å². The number of carbonyl (C=O) groups is 1. The lowest BCUT2D eigenvalue weighted by molar-refractivity contribution is 0.101. The van der Waals surface area contributed by atoms with E-state index in [-0.39, 0.29) is 11.5 Å². The van der Waals surface area contributed by atoms with Gasteiger partial charge < -0.3 is 0 Å². The van der Waals surface area contributed by atoms with Gasteiger partial charge in [-0.1, -0.05) is 11.6 Å². The third-order valence-electron chi connectivity index (χ3n) is 3.12. The summed E-state index contributed by atoms with van der Waals surface area (Å²) in [4.78, 5) is 25.6. The number of aromatic nitrogens is 3. The molecule has 0 amide bonds. The van der Waals surface area contributed by atoms with Crippen LogP contribution in [-0.4, -0.2) is 20.7 Å². The Hall–Kier alpha value is -2.11. The average molecular weight is 330 g/mol. The molecule has 0 N–H and O–H groups in total. The van der Waals surface area contributed by atoms with Crippen LogP contribution < -0.4 is 0 Å². The van der Waals surface area contributed by atoms with E-state index < -0.39 is 0 Å². The standard InChI is InChI=1S/C16H12ClN3OS/c1-9-15(13-6-5-12(17)14(20-13)10(2)21)22-16(19-9)11-4-3-7-18-8-11/h3-8H,1-2H3. The highest BCUT2D eigenvalue weighted by Gasteiger charge is 2.15. The van der Waals surface area contributed by atoms with Gasteiger partial charge >= 0.3 is 0 Å². The van der Waals surface area contributed by atoms with Gasteiger partial charge in [0.25, 0.3) is 0 Å². The molecular weight excluding hydrogens is 318 g/mol. The first kappa shape index (κ1) is 14.8. The van der Waals surface area contributed by atoms with Crippen LogP contribution in [0.15, 0.2) is 36.7 Å². The van der Waals surface area contributed by atoms with Crippen LogP contribution in [0.5, 0.6) is 0 Å². The number of aryl methyl sites for hydroxylation is 1. The Labute approximate surface area is 136 Å². The topological polar surface area (TPSA) is 55.7 Å². The smallest absolute Gasteiger partial charge is 0.179 e. The third kappa shape index (κ3) is 2.77. The summed E-state index contributed by atoms with van der Waals surface area (Å²) in [7, 11) is 0. The molecule has 3 rings (SSSR count). The van der Waals surface area contributed by atoms with Gasteiger partial charge in [0.2, 0.25) is 0 Å². The Morgan fingerprint density at radius 1 is 1.23 bits per heavy atom. The van der Waals surface area contributed by atoms with Crippen LogP contribution >= 0.6 is 22.9 Å². The number of thiazole rings is 1. The minimum Gasteiger partial charge on any atom is -0.293 e. The molecule has 0 saturated heterocycles. The van der Waals surface area contributed by atoms with Crippen molar-refractivity contribution in [1.29, 1.82) is 0 Å². The number of nitrogens with zero attached hydrogens (tertiary/aromatic N) is 3. The summed E-state index contributed by atoms with van der Waals surface area (Å²) in [6.45, 7) is 3.38. The Morgan fingerprint density at radius 3 is 2.73 bits per heavy atom. The van der Waals surface area contributed by atoms with Gasteiger partial charge in [0, 0.05) is 24.9 Å². The maximum Gasteiger partial charge on any atom is 0.179 e. The summed E-state index contributed by atoms with van der Waals surface area (Å²) in [5.41, 5.74) is 2.82. The monoisotopic (exact) mass is 329 g/mol. The minimum absolute atomic E-state index is 0.151. The molecule has 0 fully saturated rings. The van der Waals surface area contributed by atoms with Gasteiger partial charge in [0.05, 0.1) is 21.3 Å². The molecule has 3 aromatic heterocycles. The SMILES string of the molecule is CC(=O)c1nc(-c2sc(-c3cccnc3)nc2C)ccc1Cl. The van der Waals surface area contributed by atoms with Crippen LogP contribution in [0.1, 0.15) is 23.1 Å². The first-order chi connectivity index (χ1) is 10.6. The average Bonchev–Trinajstić information content (AvgIpc) is 2.90. The van der Waals surface area contributed by atoms with Crippen molar-refractivity contribution in [2.75, 3.05) is 0 Å². The summed E-state index contributed by atoms with van der Waals surface area (Å²) in [5.74, 6) is -0.151. The predicted molar refractivity (Wildman–Crippen MR) is 88.3 cm³/mol. The second kappa shape index (κ2) is 5.94. The highest BCUT2D eigenvalue weighted by molar-refractivity contribution is 7.18. The predicted octanol–water partition coefficient (Wildman–Crippen LogP) is 4.43. The molecule has 0 aliphatic heterocycles. The van der Waals surface area contributed by atoms with E-state index in [9.17, 15) is 4.79 Å². The van der Waals surface area contributed by atoms with E-state index >= 15 is 0 Å². The molecule has 0 spiro atoms. The van der Waals surface area contributed by atoms with Crippen molar-refractivity contribution in [3.05, 3.63) is 53.1 Å². The van der Waals surface area contributed by atoms with Gasteiger partial charge in [-0.05, 0) is 31.2 Å². The molecule has 3 aromatic rings. The zero-order chi connectivity index (χ0) is 15.7. The van der Waals surface area contributed by atoms with Crippen molar-refractivity contribution in [3.8, 4) is 21.1 Å². The van der Waals surface area contributed by atoms with Gasteiger partial charge in [-0.2, -0.15) is 0 Å². The first-order valence-electron chi connectivity index (χ1n) is 6.62. The molecule has 22 heavy (non-hydrogen) atoms. The normalized spacial score (nSPS) is 10.7. The highest BCUT2D eigenvalue weighted by Crippen LogP contribution is 2.34. The van der Waals surface area contributed by atoms with E-state index in [0.29, 0.717) is 10.7 Å². The second-order valence-electron chi connectivity index (χ2n) is 4.76. The molecule has 3 heterocycles. The molecule has 4 nitrogen and oxygen atoms in total. The number of carbonyl (C=O) groups excluding carboxylic acids is 1. The van der Waals surface area contributed by atoms with Crippen molar-refractivity contribution in [2.45, 2.75) is 13.8 Å².